The van der Waals surface area contributed by atoms with Gasteiger partial charge in [-0.2, -0.15) is 8.78 Å². The number of alkyl halides is 2. The van der Waals surface area contributed by atoms with Crippen LogP contribution in [-0.4, -0.2) is 33.3 Å². The van der Waals surface area contributed by atoms with Crippen LogP contribution >= 0.6 is 24.0 Å². The summed E-state index contributed by atoms with van der Waals surface area (Å²) in [6.45, 7) is -1.86. The molecule has 0 aliphatic rings. The van der Waals surface area contributed by atoms with Crippen LogP contribution < -0.4 is 20.1 Å². The number of aryl methyl sites for hydroxylation is 1. The topological polar surface area (TPSA) is 54.9 Å². The zero-order chi connectivity index (χ0) is 19.5. The van der Waals surface area contributed by atoms with Gasteiger partial charge in [0, 0.05) is 25.7 Å². The highest BCUT2D eigenvalue weighted by Gasteiger charge is 2.11. The molecule has 0 aliphatic heterocycles. The van der Waals surface area contributed by atoms with Crippen LogP contribution in [0.1, 0.15) is 17.5 Å². The first-order valence-corrected chi connectivity index (χ1v) is 8.72. The molecule has 8 heteroatoms. The molecule has 5 nitrogen and oxygen atoms in total. The number of nitrogens with one attached hydrogen (secondary N) is 2. The average Bonchev–Trinajstić information content (AvgIpc) is 2.68. The summed E-state index contributed by atoms with van der Waals surface area (Å²) in [5, 5.41) is 6.33. The Bertz CT molecular complexity index is 731. The van der Waals surface area contributed by atoms with Gasteiger partial charge in [-0.25, -0.2) is 0 Å². The summed E-state index contributed by atoms with van der Waals surface area (Å²) in [5.74, 6) is 1.27. The zero-order valence-electron chi connectivity index (χ0n) is 16.0. The van der Waals surface area contributed by atoms with E-state index in [2.05, 4.69) is 32.5 Å². The summed E-state index contributed by atoms with van der Waals surface area (Å²) in [6.07, 6.45) is 1.91. The number of methoxy groups -OCH3 is 1. The van der Waals surface area contributed by atoms with Crippen LogP contribution in [-0.2, 0) is 13.0 Å². The average molecular weight is 505 g/mol. The van der Waals surface area contributed by atoms with Gasteiger partial charge in [0.15, 0.2) is 5.96 Å². The number of aliphatic imine (C=N–C) groups is 1. The van der Waals surface area contributed by atoms with Crippen LogP contribution in [0, 0.1) is 0 Å². The Kier molecular flexibility index (Phi) is 11.2. The fourth-order valence-electron chi connectivity index (χ4n) is 2.58. The number of halogens is 3. The third-order valence-electron chi connectivity index (χ3n) is 3.93. The molecular weight excluding hydrogens is 479 g/mol. The van der Waals surface area contributed by atoms with E-state index < -0.39 is 6.61 Å². The van der Waals surface area contributed by atoms with E-state index in [1.165, 1.54) is 18.7 Å². The predicted molar refractivity (Wildman–Crippen MR) is 118 cm³/mol. The summed E-state index contributed by atoms with van der Waals surface area (Å²) >= 11 is 0. The standard InChI is InChI=1S/C20H25F2N3O2.HI/c1-23-20(24-12-6-9-15-7-4-3-5-8-15)25-14-16-13-17(26-2)10-11-18(16)27-19(21)22;/h3-5,7-8,10-11,13,19H,6,9,12,14H2,1-2H3,(H2,23,24,25);1H. The summed E-state index contributed by atoms with van der Waals surface area (Å²) < 4.78 is 34.9. The van der Waals surface area contributed by atoms with Crippen molar-refractivity contribution in [2.75, 3.05) is 20.7 Å². The van der Waals surface area contributed by atoms with Crippen molar-refractivity contribution in [2.24, 2.45) is 4.99 Å². The third kappa shape index (κ3) is 8.28. The number of hydrogen-bond acceptors (Lipinski definition) is 3. The third-order valence-corrected chi connectivity index (χ3v) is 3.93. The van der Waals surface area contributed by atoms with E-state index in [9.17, 15) is 8.78 Å². The quantitative estimate of drug-likeness (QED) is 0.232. The zero-order valence-corrected chi connectivity index (χ0v) is 18.3. The molecule has 0 aliphatic carbocycles. The van der Waals surface area contributed by atoms with Gasteiger partial charge in [-0.1, -0.05) is 30.3 Å². The van der Waals surface area contributed by atoms with Crippen molar-refractivity contribution in [2.45, 2.75) is 26.0 Å². The minimum absolute atomic E-state index is 0. The van der Waals surface area contributed by atoms with Crippen molar-refractivity contribution < 1.29 is 18.3 Å². The first-order valence-electron chi connectivity index (χ1n) is 8.72. The SMILES string of the molecule is CN=C(NCCCc1ccccc1)NCc1cc(OC)ccc1OC(F)F.I. The Hall–Kier alpha value is -2.10. The monoisotopic (exact) mass is 505 g/mol. The van der Waals surface area contributed by atoms with Crippen molar-refractivity contribution >= 4 is 29.9 Å². The lowest BCUT2D eigenvalue weighted by molar-refractivity contribution is -0.0504. The van der Waals surface area contributed by atoms with E-state index in [0.717, 1.165) is 19.4 Å². The fourth-order valence-corrected chi connectivity index (χ4v) is 2.58. The Morgan fingerprint density at radius 1 is 1.11 bits per heavy atom. The molecule has 2 N–H and O–H groups in total. The number of benzene rings is 2. The molecule has 28 heavy (non-hydrogen) atoms. The van der Waals surface area contributed by atoms with Gasteiger partial charge in [-0.15, -0.1) is 24.0 Å². The Balaban J connectivity index is 0.00000392. The van der Waals surface area contributed by atoms with Crippen molar-refractivity contribution in [1.29, 1.82) is 0 Å². The summed E-state index contributed by atoms with van der Waals surface area (Å²) in [5.41, 5.74) is 1.84. The van der Waals surface area contributed by atoms with Crippen LogP contribution in [0.15, 0.2) is 53.5 Å². The van der Waals surface area contributed by atoms with Gasteiger partial charge in [-0.05, 0) is 36.6 Å². The maximum atomic E-state index is 12.6. The molecule has 0 fully saturated rings. The molecule has 2 rings (SSSR count). The first kappa shape index (κ1) is 23.9. The van der Waals surface area contributed by atoms with Gasteiger partial charge in [0.05, 0.1) is 7.11 Å². The molecule has 2 aromatic rings. The van der Waals surface area contributed by atoms with Gasteiger partial charge in [0.2, 0.25) is 0 Å². The second-order valence-corrected chi connectivity index (χ2v) is 5.79. The summed E-state index contributed by atoms with van der Waals surface area (Å²) in [4.78, 5) is 4.16. The lowest BCUT2D eigenvalue weighted by Gasteiger charge is -2.15. The van der Waals surface area contributed by atoms with Gasteiger partial charge in [-0.3, -0.25) is 4.99 Å². The minimum Gasteiger partial charge on any atom is -0.497 e. The van der Waals surface area contributed by atoms with E-state index in [-0.39, 0.29) is 36.3 Å². The van der Waals surface area contributed by atoms with E-state index >= 15 is 0 Å². The van der Waals surface area contributed by atoms with Gasteiger partial charge >= 0.3 is 6.61 Å². The van der Waals surface area contributed by atoms with Crippen molar-refractivity contribution in [3.63, 3.8) is 0 Å². The molecule has 0 spiro atoms. The van der Waals surface area contributed by atoms with Crippen LogP contribution in [0.3, 0.4) is 0 Å². The molecule has 0 saturated heterocycles. The summed E-state index contributed by atoms with van der Waals surface area (Å²) in [7, 11) is 3.18. The van der Waals surface area contributed by atoms with Crippen molar-refractivity contribution in [3.05, 3.63) is 59.7 Å². The van der Waals surface area contributed by atoms with E-state index in [4.69, 9.17) is 4.74 Å². The highest BCUT2D eigenvalue weighted by Crippen LogP contribution is 2.25. The maximum absolute atomic E-state index is 12.6. The van der Waals surface area contributed by atoms with Gasteiger partial charge in [0.1, 0.15) is 11.5 Å². The molecule has 0 radical (unpaired) electrons. The Morgan fingerprint density at radius 2 is 1.86 bits per heavy atom. The van der Waals surface area contributed by atoms with Crippen LogP contribution in [0.4, 0.5) is 8.78 Å². The molecule has 2 aromatic carbocycles. The Labute approximate surface area is 181 Å². The second-order valence-electron chi connectivity index (χ2n) is 5.79. The minimum atomic E-state index is -2.88. The molecule has 0 saturated carbocycles. The van der Waals surface area contributed by atoms with Crippen LogP contribution in [0.25, 0.3) is 0 Å². The number of hydrogen-bond donors (Lipinski definition) is 2. The van der Waals surface area contributed by atoms with Crippen molar-refractivity contribution in [3.8, 4) is 11.5 Å². The smallest absolute Gasteiger partial charge is 0.387 e. The molecule has 0 bridgehead atoms. The highest BCUT2D eigenvalue weighted by molar-refractivity contribution is 14.0. The number of ether oxygens (including phenoxy) is 2. The van der Waals surface area contributed by atoms with E-state index in [0.29, 0.717) is 17.3 Å². The first-order chi connectivity index (χ1) is 13.1. The lowest BCUT2D eigenvalue weighted by Crippen LogP contribution is -2.37. The van der Waals surface area contributed by atoms with Crippen molar-refractivity contribution in [1.82, 2.24) is 10.6 Å². The molecular formula is C20H26F2IN3O2. The predicted octanol–water partition coefficient (Wildman–Crippen LogP) is 4.21. The number of nitrogens with zero attached hydrogens (tertiary/aromatic N) is 1. The van der Waals surface area contributed by atoms with E-state index in [1.807, 2.05) is 18.2 Å². The molecule has 0 atom stereocenters. The van der Waals surface area contributed by atoms with Gasteiger partial charge < -0.3 is 20.1 Å². The molecule has 0 unspecified atom stereocenters. The Morgan fingerprint density at radius 3 is 2.50 bits per heavy atom. The van der Waals surface area contributed by atoms with Crippen LogP contribution in [0.5, 0.6) is 11.5 Å². The summed E-state index contributed by atoms with van der Waals surface area (Å²) in [6, 6.07) is 15.0. The second kappa shape index (κ2) is 13.1. The van der Waals surface area contributed by atoms with Gasteiger partial charge in [0.25, 0.3) is 0 Å². The fraction of sp³-hybridized carbons (Fsp3) is 0.350. The van der Waals surface area contributed by atoms with E-state index in [1.54, 1.807) is 19.2 Å². The molecule has 154 valence electrons. The number of rotatable bonds is 9. The normalized spacial score (nSPS) is 11.0. The molecule has 0 amide bonds. The maximum Gasteiger partial charge on any atom is 0.387 e. The largest absolute Gasteiger partial charge is 0.497 e. The van der Waals surface area contributed by atoms with Crippen LogP contribution in [0.2, 0.25) is 0 Å². The number of guanidine groups is 1. The highest BCUT2D eigenvalue weighted by atomic mass is 127. The molecule has 0 aromatic heterocycles. The molecule has 0 heterocycles. The lowest BCUT2D eigenvalue weighted by atomic mass is 10.1.